The van der Waals surface area contributed by atoms with Crippen LogP contribution < -0.4 is 19.5 Å². The fraction of sp³-hybridized carbons (Fsp3) is 0.185. The number of hydrogen-bond donors (Lipinski definition) is 1. The van der Waals surface area contributed by atoms with Crippen LogP contribution in [-0.4, -0.2) is 20.1 Å². The molecule has 0 aliphatic rings. The second kappa shape index (κ2) is 10.9. The number of hydrogen-bond acceptors (Lipinski definition) is 5. The van der Waals surface area contributed by atoms with Gasteiger partial charge in [0.25, 0.3) is 5.91 Å². The number of carbonyl (C=O) groups is 1. The summed E-state index contributed by atoms with van der Waals surface area (Å²) in [5, 5.41) is 12.3. The van der Waals surface area contributed by atoms with Gasteiger partial charge in [-0.25, -0.2) is 0 Å². The second-order valence-corrected chi connectivity index (χ2v) is 7.52. The average molecular weight is 443 g/mol. The number of benzene rings is 3. The van der Waals surface area contributed by atoms with Gasteiger partial charge in [0, 0.05) is 0 Å². The lowest BCUT2D eigenvalue weighted by Gasteiger charge is -2.12. The first-order valence-corrected chi connectivity index (χ1v) is 10.4. The van der Waals surface area contributed by atoms with E-state index in [4.69, 9.17) is 14.2 Å². The molecule has 0 unspecified atom stereocenters. The molecule has 33 heavy (non-hydrogen) atoms. The van der Waals surface area contributed by atoms with Gasteiger partial charge in [0.2, 0.25) is 0 Å². The fourth-order valence-electron chi connectivity index (χ4n) is 3.28. The van der Waals surface area contributed by atoms with Crippen molar-refractivity contribution >= 4 is 17.7 Å². The van der Waals surface area contributed by atoms with Crippen LogP contribution in [0, 0.1) is 25.2 Å². The maximum absolute atomic E-state index is 12.7. The molecule has 1 amide bonds. The first-order valence-electron chi connectivity index (χ1n) is 10.4. The molecule has 3 aromatic carbocycles. The minimum absolute atomic E-state index is 0.0472. The number of nitriles is 1. The molecule has 0 saturated heterocycles. The Labute approximate surface area is 194 Å². The summed E-state index contributed by atoms with van der Waals surface area (Å²) in [5.41, 5.74) is 4.26. The van der Waals surface area contributed by atoms with Crippen LogP contribution in [0.1, 0.15) is 22.3 Å². The van der Waals surface area contributed by atoms with Gasteiger partial charge in [-0.3, -0.25) is 4.79 Å². The van der Waals surface area contributed by atoms with Gasteiger partial charge in [-0.15, -0.1) is 0 Å². The van der Waals surface area contributed by atoms with Gasteiger partial charge in [0.15, 0.2) is 11.5 Å². The van der Waals surface area contributed by atoms with Crippen molar-refractivity contribution in [3.05, 3.63) is 88.5 Å². The zero-order valence-corrected chi connectivity index (χ0v) is 19.1. The molecule has 3 rings (SSSR count). The number of aryl methyl sites for hydroxylation is 2. The molecular formula is C27H26N2O4. The Hall–Kier alpha value is -4.24. The second-order valence-electron chi connectivity index (χ2n) is 7.52. The molecule has 0 radical (unpaired) electrons. The lowest BCUT2D eigenvalue weighted by molar-refractivity contribution is -0.112. The number of anilines is 1. The molecule has 0 bridgehead atoms. The van der Waals surface area contributed by atoms with E-state index in [1.807, 2.05) is 44.2 Å². The molecule has 6 heteroatoms. The summed E-state index contributed by atoms with van der Waals surface area (Å²) in [6.45, 7) is 4.34. The normalized spacial score (nSPS) is 10.8. The Morgan fingerprint density at radius 3 is 2.36 bits per heavy atom. The van der Waals surface area contributed by atoms with Crippen molar-refractivity contribution < 1.29 is 19.0 Å². The summed E-state index contributed by atoms with van der Waals surface area (Å²) in [6.07, 6.45) is 1.50. The Morgan fingerprint density at radius 2 is 1.67 bits per heavy atom. The van der Waals surface area contributed by atoms with Crippen LogP contribution in [0.15, 0.2) is 66.2 Å². The van der Waals surface area contributed by atoms with Crippen LogP contribution in [-0.2, 0) is 11.4 Å². The number of ether oxygens (including phenoxy) is 3. The first-order chi connectivity index (χ1) is 15.9. The molecule has 3 aromatic rings. The van der Waals surface area contributed by atoms with Crippen molar-refractivity contribution in [2.75, 3.05) is 19.5 Å². The van der Waals surface area contributed by atoms with Crippen LogP contribution >= 0.6 is 0 Å². The molecule has 0 aliphatic carbocycles. The molecule has 0 spiro atoms. The van der Waals surface area contributed by atoms with Gasteiger partial charge in [-0.1, -0.05) is 42.0 Å². The van der Waals surface area contributed by atoms with Gasteiger partial charge in [-0.05, 0) is 60.9 Å². The number of methoxy groups -OCH3 is 2. The van der Waals surface area contributed by atoms with Crippen LogP contribution in [0.25, 0.3) is 6.08 Å². The topological polar surface area (TPSA) is 80.6 Å². The van der Waals surface area contributed by atoms with Crippen molar-refractivity contribution in [2.45, 2.75) is 20.5 Å². The monoisotopic (exact) mass is 442 g/mol. The summed E-state index contributed by atoms with van der Waals surface area (Å²) >= 11 is 0. The van der Waals surface area contributed by atoms with Crippen molar-refractivity contribution in [1.82, 2.24) is 0 Å². The summed E-state index contributed by atoms with van der Waals surface area (Å²) in [5.74, 6) is 1.07. The smallest absolute Gasteiger partial charge is 0.266 e. The molecule has 0 aromatic heterocycles. The summed E-state index contributed by atoms with van der Waals surface area (Å²) < 4.78 is 16.7. The van der Waals surface area contributed by atoms with Crippen molar-refractivity contribution in [3.63, 3.8) is 0 Å². The number of rotatable bonds is 8. The molecule has 0 aliphatic heterocycles. The van der Waals surface area contributed by atoms with E-state index in [9.17, 15) is 10.1 Å². The Morgan fingerprint density at radius 1 is 0.939 bits per heavy atom. The average Bonchev–Trinajstić information content (AvgIpc) is 2.81. The van der Waals surface area contributed by atoms with E-state index in [0.29, 0.717) is 35.1 Å². The predicted molar refractivity (Wildman–Crippen MR) is 128 cm³/mol. The third-order valence-corrected chi connectivity index (χ3v) is 4.94. The zero-order valence-electron chi connectivity index (χ0n) is 19.1. The lowest BCUT2D eigenvalue weighted by atomic mass is 10.1. The van der Waals surface area contributed by atoms with Gasteiger partial charge < -0.3 is 19.5 Å². The van der Waals surface area contributed by atoms with Crippen LogP contribution in [0.3, 0.4) is 0 Å². The van der Waals surface area contributed by atoms with Gasteiger partial charge >= 0.3 is 0 Å². The number of nitrogens with zero attached hydrogens (tertiary/aromatic N) is 1. The van der Waals surface area contributed by atoms with E-state index in [1.165, 1.54) is 13.2 Å². The highest BCUT2D eigenvalue weighted by atomic mass is 16.5. The third-order valence-electron chi connectivity index (χ3n) is 4.94. The highest BCUT2D eigenvalue weighted by molar-refractivity contribution is 6.10. The van der Waals surface area contributed by atoms with E-state index in [1.54, 1.807) is 37.4 Å². The highest BCUT2D eigenvalue weighted by Crippen LogP contribution is 2.30. The minimum Gasteiger partial charge on any atom is -0.495 e. The highest BCUT2D eigenvalue weighted by Gasteiger charge is 2.14. The quantitative estimate of drug-likeness (QED) is 0.371. The molecule has 1 N–H and O–H groups in total. The number of amides is 1. The van der Waals surface area contributed by atoms with Gasteiger partial charge in [0.1, 0.15) is 24.0 Å². The fourth-order valence-corrected chi connectivity index (χ4v) is 3.28. The molecule has 0 fully saturated rings. The summed E-state index contributed by atoms with van der Waals surface area (Å²) in [6, 6.07) is 20.7. The molecule has 0 heterocycles. The molecular weight excluding hydrogens is 416 g/mol. The van der Waals surface area contributed by atoms with Crippen LogP contribution in [0.2, 0.25) is 0 Å². The molecule has 0 atom stereocenters. The maximum atomic E-state index is 12.7. The first kappa shape index (κ1) is 23.4. The standard InChI is InChI=1S/C27H26N2O4/c1-18-6-5-7-21(12-18)17-33-25-11-9-20(15-26(25)32-4)14-22(16-28)27(30)29-23-13-19(2)8-10-24(23)31-3/h5-15H,17H2,1-4H3,(H,29,30)/b22-14+. The lowest BCUT2D eigenvalue weighted by Crippen LogP contribution is -2.14. The van der Waals surface area contributed by atoms with Crippen LogP contribution in [0.5, 0.6) is 17.2 Å². The van der Waals surface area contributed by atoms with E-state index >= 15 is 0 Å². The summed E-state index contributed by atoms with van der Waals surface area (Å²) in [4.78, 5) is 12.7. The number of nitrogens with one attached hydrogen (secondary N) is 1. The SMILES string of the molecule is COc1ccc(C)cc1NC(=O)/C(C#N)=C/c1ccc(OCc2cccc(C)c2)c(OC)c1. The largest absolute Gasteiger partial charge is 0.495 e. The molecule has 168 valence electrons. The Kier molecular flexibility index (Phi) is 7.72. The Balaban J connectivity index is 1.78. The van der Waals surface area contributed by atoms with Gasteiger partial charge in [0.05, 0.1) is 19.9 Å². The van der Waals surface area contributed by atoms with Gasteiger partial charge in [-0.2, -0.15) is 5.26 Å². The van der Waals surface area contributed by atoms with Crippen LogP contribution in [0.4, 0.5) is 5.69 Å². The third kappa shape index (κ3) is 6.14. The Bertz CT molecular complexity index is 1230. The van der Waals surface area contributed by atoms with E-state index in [0.717, 1.165) is 16.7 Å². The van der Waals surface area contributed by atoms with Crippen molar-refractivity contribution in [3.8, 4) is 23.3 Å². The van der Waals surface area contributed by atoms with E-state index in [-0.39, 0.29) is 5.57 Å². The molecule has 0 saturated carbocycles. The predicted octanol–water partition coefficient (Wildman–Crippen LogP) is 5.45. The molecule has 6 nitrogen and oxygen atoms in total. The van der Waals surface area contributed by atoms with Crippen molar-refractivity contribution in [1.29, 1.82) is 5.26 Å². The minimum atomic E-state index is -0.528. The van der Waals surface area contributed by atoms with E-state index < -0.39 is 5.91 Å². The summed E-state index contributed by atoms with van der Waals surface area (Å²) in [7, 11) is 3.07. The number of carbonyl (C=O) groups excluding carboxylic acids is 1. The van der Waals surface area contributed by atoms with E-state index in [2.05, 4.69) is 11.4 Å². The van der Waals surface area contributed by atoms with Crippen molar-refractivity contribution in [2.24, 2.45) is 0 Å². The zero-order chi connectivity index (χ0) is 23.8. The maximum Gasteiger partial charge on any atom is 0.266 e.